The van der Waals surface area contributed by atoms with Crippen molar-refractivity contribution in [3.8, 4) is 0 Å². The van der Waals surface area contributed by atoms with Gasteiger partial charge in [-0.25, -0.2) is 9.78 Å². The maximum atomic E-state index is 12.2. The topological polar surface area (TPSA) is 50.2 Å². The quantitative estimate of drug-likeness (QED) is 0.833. The van der Waals surface area contributed by atoms with Crippen LogP contribution in [0.5, 0.6) is 0 Å². The summed E-state index contributed by atoms with van der Waals surface area (Å²) in [5.41, 5.74) is 2.14. The van der Waals surface area contributed by atoms with E-state index in [1.807, 2.05) is 23.0 Å². The molecular formula is C16H22N4OS. The van der Waals surface area contributed by atoms with Gasteiger partial charge in [-0.2, -0.15) is 0 Å². The first-order valence-corrected chi connectivity index (χ1v) is 8.47. The minimum atomic E-state index is -0.0848. The predicted molar refractivity (Wildman–Crippen MR) is 89.8 cm³/mol. The van der Waals surface area contributed by atoms with E-state index in [-0.39, 0.29) is 6.03 Å². The summed E-state index contributed by atoms with van der Waals surface area (Å²) in [4.78, 5) is 19.2. The van der Waals surface area contributed by atoms with Gasteiger partial charge in [0.2, 0.25) is 0 Å². The standard InChI is InChI=1S/C16H22N4OS/c1-4-20-12-17-9-14(20)10-18-16(21)19(2)11-13-6-5-7-15(8-13)22-3/h5-9,12H,4,10-11H2,1-3H3,(H,18,21). The smallest absolute Gasteiger partial charge is 0.317 e. The second-order valence-corrected chi connectivity index (χ2v) is 5.92. The van der Waals surface area contributed by atoms with Crippen molar-refractivity contribution < 1.29 is 4.79 Å². The van der Waals surface area contributed by atoms with E-state index in [2.05, 4.69) is 29.4 Å². The van der Waals surface area contributed by atoms with Crippen LogP contribution in [0, 0.1) is 0 Å². The van der Waals surface area contributed by atoms with Crippen LogP contribution < -0.4 is 5.32 Å². The molecular weight excluding hydrogens is 296 g/mol. The van der Waals surface area contributed by atoms with E-state index < -0.39 is 0 Å². The second kappa shape index (κ2) is 7.89. The predicted octanol–water partition coefficient (Wildman–Crippen LogP) is 2.97. The molecule has 1 N–H and O–H groups in total. The Morgan fingerprint density at radius 2 is 2.27 bits per heavy atom. The van der Waals surface area contributed by atoms with Gasteiger partial charge in [-0.15, -0.1) is 11.8 Å². The summed E-state index contributed by atoms with van der Waals surface area (Å²) in [6, 6.07) is 8.15. The van der Waals surface area contributed by atoms with Crippen molar-refractivity contribution in [2.24, 2.45) is 0 Å². The number of imidazole rings is 1. The van der Waals surface area contributed by atoms with Crippen LogP contribution >= 0.6 is 11.8 Å². The monoisotopic (exact) mass is 318 g/mol. The van der Waals surface area contributed by atoms with Gasteiger partial charge in [0, 0.05) is 31.2 Å². The molecule has 1 aromatic heterocycles. The summed E-state index contributed by atoms with van der Waals surface area (Å²) in [7, 11) is 1.80. The number of carbonyl (C=O) groups is 1. The molecule has 0 aliphatic carbocycles. The van der Waals surface area contributed by atoms with Crippen LogP contribution in [0.4, 0.5) is 4.79 Å². The third-order valence-electron chi connectivity index (χ3n) is 3.46. The van der Waals surface area contributed by atoms with E-state index in [0.717, 1.165) is 17.8 Å². The number of thioether (sulfide) groups is 1. The van der Waals surface area contributed by atoms with Crippen molar-refractivity contribution in [2.45, 2.75) is 31.5 Å². The Morgan fingerprint density at radius 3 is 3.00 bits per heavy atom. The van der Waals surface area contributed by atoms with Crippen molar-refractivity contribution in [1.82, 2.24) is 19.8 Å². The van der Waals surface area contributed by atoms with Crippen LogP contribution in [0.25, 0.3) is 0 Å². The molecule has 0 aliphatic rings. The second-order valence-electron chi connectivity index (χ2n) is 5.04. The highest BCUT2D eigenvalue weighted by atomic mass is 32.2. The van der Waals surface area contributed by atoms with Gasteiger partial charge in [-0.3, -0.25) is 0 Å². The van der Waals surface area contributed by atoms with Crippen LogP contribution in [0.3, 0.4) is 0 Å². The zero-order valence-corrected chi connectivity index (χ0v) is 14.1. The Balaban J connectivity index is 1.89. The highest BCUT2D eigenvalue weighted by Crippen LogP contribution is 2.16. The van der Waals surface area contributed by atoms with Gasteiger partial charge < -0.3 is 14.8 Å². The number of benzene rings is 1. The molecule has 22 heavy (non-hydrogen) atoms. The Bertz CT molecular complexity index is 626. The van der Waals surface area contributed by atoms with Crippen molar-refractivity contribution in [2.75, 3.05) is 13.3 Å². The number of hydrogen-bond acceptors (Lipinski definition) is 3. The molecule has 0 unspecified atom stereocenters. The van der Waals surface area contributed by atoms with Gasteiger partial charge in [-0.05, 0) is 30.9 Å². The molecule has 1 heterocycles. The SMILES string of the molecule is CCn1cncc1CNC(=O)N(C)Cc1cccc(SC)c1. The summed E-state index contributed by atoms with van der Waals surface area (Å²) in [6.45, 7) is 3.98. The average molecular weight is 318 g/mol. The molecule has 0 fully saturated rings. The average Bonchev–Trinajstić information content (AvgIpc) is 3.00. The molecule has 5 nitrogen and oxygen atoms in total. The maximum Gasteiger partial charge on any atom is 0.317 e. The third-order valence-corrected chi connectivity index (χ3v) is 4.19. The lowest BCUT2D eigenvalue weighted by molar-refractivity contribution is 0.206. The highest BCUT2D eigenvalue weighted by Gasteiger charge is 2.10. The molecule has 0 saturated heterocycles. The highest BCUT2D eigenvalue weighted by molar-refractivity contribution is 7.98. The number of carbonyl (C=O) groups excluding carboxylic acids is 1. The van der Waals surface area contributed by atoms with E-state index in [1.54, 1.807) is 36.2 Å². The van der Waals surface area contributed by atoms with Crippen molar-refractivity contribution in [1.29, 1.82) is 0 Å². The van der Waals surface area contributed by atoms with Crippen LogP contribution in [0.1, 0.15) is 18.2 Å². The third kappa shape index (κ3) is 4.27. The summed E-state index contributed by atoms with van der Waals surface area (Å²) in [5.74, 6) is 0. The summed E-state index contributed by atoms with van der Waals surface area (Å²) in [5, 5.41) is 2.93. The molecule has 2 aromatic rings. The zero-order valence-electron chi connectivity index (χ0n) is 13.2. The summed E-state index contributed by atoms with van der Waals surface area (Å²) < 4.78 is 2.02. The first-order valence-electron chi connectivity index (χ1n) is 7.25. The maximum absolute atomic E-state index is 12.2. The fourth-order valence-corrected chi connectivity index (χ4v) is 2.68. The zero-order chi connectivity index (χ0) is 15.9. The number of nitrogens with one attached hydrogen (secondary N) is 1. The molecule has 0 radical (unpaired) electrons. The molecule has 0 bridgehead atoms. The minimum Gasteiger partial charge on any atom is -0.333 e. The van der Waals surface area contributed by atoms with Gasteiger partial charge in [0.25, 0.3) is 0 Å². The van der Waals surface area contributed by atoms with Gasteiger partial charge in [0.1, 0.15) is 0 Å². The molecule has 2 rings (SSSR count). The Morgan fingerprint density at radius 1 is 1.45 bits per heavy atom. The van der Waals surface area contributed by atoms with Gasteiger partial charge in [0.05, 0.1) is 18.6 Å². The summed E-state index contributed by atoms with van der Waals surface area (Å²) in [6.07, 6.45) is 5.61. The summed E-state index contributed by atoms with van der Waals surface area (Å²) >= 11 is 1.70. The van der Waals surface area contributed by atoms with Gasteiger partial charge in [0.15, 0.2) is 0 Å². The van der Waals surface area contributed by atoms with Crippen molar-refractivity contribution >= 4 is 17.8 Å². The van der Waals surface area contributed by atoms with Crippen LogP contribution in [0.15, 0.2) is 41.7 Å². The number of amides is 2. The number of aromatic nitrogens is 2. The lowest BCUT2D eigenvalue weighted by atomic mass is 10.2. The molecule has 6 heteroatoms. The van der Waals surface area contributed by atoms with Crippen molar-refractivity contribution in [3.63, 3.8) is 0 Å². The first-order chi connectivity index (χ1) is 10.6. The van der Waals surface area contributed by atoms with Crippen LogP contribution in [-0.2, 0) is 19.6 Å². The van der Waals surface area contributed by atoms with Crippen LogP contribution in [-0.4, -0.2) is 33.8 Å². The van der Waals surface area contributed by atoms with E-state index in [9.17, 15) is 4.79 Å². The van der Waals surface area contributed by atoms with E-state index in [0.29, 0.717) is 13.1 Å². The lowest BCUT2D eigenvalue weighted by Gasteiger charge is -2.18. The first kappa shape index (κ1) is 16.4. The van der Waals surface area contributed by atoms with Gasteiger partial charge >= 0.3 is 6.03 Å². The number of rotatable bonds is 6. The normalized spacial score (nSPS) is 10.5. The van der Waals surface area contributed by atoms with Gasteiger partial charge in [-0.1, -0.05) is 12.1 Å². The van der Waals surface area contributed by atoms with E-state index in [4.69, 9.17) is 0 Å². The minimum absolute atomic E-state index is 0.0848. The largest absolute Gasteiger partial charge is 0.333 e. The Hall–Kier alpha value is -1.95. The Kier molecular flexibility index (Phi) is 5.89. The molecule has 1 aromatic carbocycles. The molecule has 118 valence electrons. The van der Waals surface area contributed by atoms with Crippen molar-refractivity contribution in [3.05, 3.63) is 48.0 Å². The number of hydrogen-bond donors (Lipinski definition) is 1. The molecule has 0 atom stereocenters. The molecule has 0 spiro atoms. The number of aryl methyl sites for hydroxylation is 1. The number of urea groups is 1. The molecule has 2 amide bonds. The fourth-order valence-electron chi connectivity index (χ4n) is 2.20. The fraction of sp³-hybridized carbons (Fsp3) is 0.375. The van der Waals surface area contributed by atoms with E-state index >= 15 is 0 Å². The Labute approximate surface area is 135 Å². The molecule has 0 aliphatic heterocycles. The van der Waals surface area contributed by atoms with Crippen LogP contribution in [0.2, 0.25) is 0 Å². The van der Waals surface area contributed by atoms with E-state index in [1.165, 1.54) is 4.90 Å². The lowest BCUT2D eigenvalue weighted by Crippen LogP contribution is -2.36. The number of nitrogens with zero attached hydrogens (tertiary/aromatic N) is 3. The molecule has 0 saturated carbocycles.